The Bertz CT molecular complexity index is 604. The molecule has 4 heteroatoms. The van der Waals surface area contributed by atoms with Gasteiger partial charge in [0.2, 0.25) is 0 Å². The highest BCUT2D eigenvalue weighted by atomic mass is 16.5. The molecule has 0 aliphatic heterocycles. The van der Waals surface area contributed by atoms with Crippen LogP contribution < -0.4 is 0 Å². The number of hydrogen-bond donors (Lipinski definition) is 0. The van der Waals surface area contributed by atoms with E-state index in [1.54, 1.807) is 0 Å². The van der Waals surface area contributed by atoms with E-state index in [4.69, 9.17) is 9.47 Å². The zero-order chi connectivity index (χ0) is 16.5. The molecule has 0 aromatic carbocycles. The second-order valence-corrected chi connectivity index (χ2v) is 7.63. The Balaban J connectivity index is 1.90. The summed E-state index contributed by atoms with van der Waals surface area (Å²) in [5.41, 5.74) is 5.52. The normalized spacial score (nSPS) is 39.7. The van der Waals surface area contributed by atoms with E-state index in [-0.39, 0.29) is 23.8 Å². The minimum atomic E-state index is -0.402. The van der Waals surface area contributed by atoms with Gasteiger partial charge in [-0.15, -0.1) is 0 Å². The minimum absolute atomic E-state index is 0.0758. The summed E-state index contributed by atoms with van der Waals surface area (Å²) >= 11 is 0. The molecule has 4 aliphatic carbocycles. The fraction of sp³-hybridized carbons (Fsp3) is 0.684. The zero-order valence-electron chi connectivity index (χ0n) is 14.2. The van der Waals surface area contributed by atoms with E-state index in [1.165, 1.54) is 55.8 Å². The highest BCUT2D eigenvalue weighted by Gasteiger charge is 2.65. The minimum Gasteiger partial charge on any atom is -0.469 e. The van der Waals surface area contributed by atoms with Crippen LogP contribution in [0.25, 0.3) is 0 Å². The fourth-order valence-corrected chi connectivity index (χ4v) is 6.06. The Kier molecular flexibility index (Phi) is 3.23. The second kappa shape index (κ2) is 4.96. The Morgan fingerprint density at radius 1 is 0.870 bits per heavy atom. The summed E-state index contributed by atoms with van der Waals surface area (Å²) in [6, 6.07) is 0. The van der Waals surface area contributed by atoms with Crippen molar-refractivity contribution >= 4 is 11.9 Å². The fourth-order valence-electron chi connectivity index (χ4n) is 6.06. The van der Waals surface area contributed by atoms with Crippen LogP contribution in [0, 0.1) is 35.5 Å². The van der Waals surface area contributed by atoms with Crippen molar-refractivity contribution in [3.8, 4) is 0 Å². The lowest BCUT2D eigenvalue weighted by Gasteiger charge is -2.32. The van der Waals surface area contributed by atoms with Crippen LogP contribution in [0.2, 0.25) is 0 Å². The predicted octanol–water partition coefficient (Wildman–Crippen LogP) is 2.89. The number of carbonyl (C=O) groups is 2. The SMILES string of the molecule is COC(=O)[C@@H]1[C@@H]2C3=C([C@H]4CC[C@@H]3C4)[C@@H](C2=C(C)C)[C@@H]1C(=O)OC. The third-order valence-electron chi connectivity index (χ3n) is 6.62. The maximum atomic E-state index is 12.5. The second-order valence-electron chi connectivity index (χ2n) is 7.63. The van der Waals surface area contributed by atoms with Gasteiger partial charge in [0.05, 0.1) is 26.1 Å². The van der Waals surface area contributed by atoms with E-state index in [9.17, 15) is 9.59 Å². The van der Waals surface area contributed by atoms with Crippen molar-refractivity contribution in [1.29, 1.82) is 0 Å². The first kappa shape index (κ1) is 15.0. The molecule has 0 N–H and O–H groups in total. The van der Waals surface area contributed by atoms with Gasteiger partial charge in [-0.3, -0.25) is 9.59 Å². The van der Waals surface area contributed by atoms with Crippen molar-refractivity contribution in [3.05, 3.63) is 22.3 Å². The third kappa shape index (κ3) is 1.72. The molecular weight excluding hydrogens is 292 g/mol. The van der Waals surface area contributed by atoms with E-state index >= 15 is 0 Å². The van der Waals surface area contributed by atoms with Crippen LogP contribution in [0.15, 0.2) is 22.3 Å². The number of hydrogen-bond acceptors (Lipinski definition) is 4. The molecule has 2 fully saturated rings. The molecule has 0 spiro atoms. The van der Waals surface area contributed by atoms with Crippen LogP contribution >= 0.6 is 0 Å². The molecule has 124 valence electrons. The summed E-state index contributed by atoms with van der Waals surface area (Å²) in [4.78, 5) is 25.0. The first-order chi connectivity index (χ1) is 11.0. The summed E-state index contributed by atoms with van der Waals surface area (Å²) < 4.78 is 10.2. The van der Waals surface area contributed by atoms with Gasteiger partial charge in [-0.2, -0.15) is 0 Å². The van der Waals surface area contributed by atoms with Crippen LogP contribution in [0.1, 0.15) is 33.1 Å². The lowest BCUT2D eigenvalue weighted by molar-refractivity contribution is -0.158. The van der Waals surface area contributed by atoms with E-state index in [0.29, 0.717) is 11.8 Å². The van der Waals surface area contributed by atoms with Gasteiger partial charge in [0.1, 0.15) is 0 Å². The predicted molar refractivity (Wildman–Crippen MR) is 84.2 cm³/mol. The molecule has 0 saturated heterocycles. The topological polar surface area (TPSA) is 52.6 Å². The highest BCUT2D eigenvalue weighted by Crippen LogP contribution is 2.69. The summed E-state index contributed by atoms with van der Waals surface area (Å²) in [5.74, 6) is 0.0525. The van der Waals surface area contributed by atoms with Gasteiger partial charge in [-0.1, -0.05) is 22.3 Å². The molecule has 4 bridgehead atoms. The smallest absolute Gasteiger partial charge is 0.310 e. The number of esters is 2. The number of carbonyl (C=O) groups excluding carboxylic acids is 2. The Morgan fingerprint density at radius 2 is 1.30 bits per heavy atom. The Labute approximate surface area is 136 Å². The monoisotopic (exact) mass is 316 g/mol. The van der Waals surface area contributed by atoms with Crippen molar-refractivity contribution in [2.75, 3.05) is 14.2 Å². The molecule has 0 unspecified atom stereocenters. The van der Waals surface area contributed by atoms with Crippen LogP contribution in [0.3, 0.4) is 0 Å². The van der Waals surface area contributed by atoms with Crippen LogP contribution in [-0.4, -0.2) is 26.2 Å². The summed E-state index contributed by atoms with van der Waals surface area (Å²) in [6.07, 6.45) is 3.69. The van der Waals surface area contributed by atoms with Gasteiger partial charge < -0.3 is 9.47 Å². The molecule has 4 nitrogen and oxygen atoms in total. The van der Waals surface area contributed by atoms with Crippen LogP contribution in [0.5, 0.6) is 0 Å². The lowest BCUT2D eigenvalue weighted by Crippen LogP contribution is -2.38. The lowest BCUT2D eigenvalue weighted by atomic mass is 9.71. The number of fused-ring (bicyclic) bond motifs is 8. The molecule has 0 radical (unpaired) electrons. The molecule has 6 atom stereocenters. The first-order valence-corrected chi connectivity index (χ1v) is 8.58. The molecular formula is C19H24O4. The van der Waals surface area contributed by atoms with Crippen LogP contribution in [0.4, 0.5) is 0 Å². The molecule has 2 saturated carbocycles. The third-order valence-corrected chi connectivity index (χ3v) is 6.62. The van der Waals surface area contributed by atoms with Gasteiger partial charge >= 0.3 is 11.9 Å². The molecule has 0 amide bonds. The van der Waals surface area contributed by atoms with Gasteiger partial charge in [0, 0.05) is 11.8 Å². The van der Waals surface area contributed by atoms with Gasteiger partial charge in [0.15, 0.2) is 0 Å². The zero-order valence-corrected chi connectivity index (χ0v) is 14.2. The highest BCUT2D eigenvalue weighted by molar-refractivity contribution is 5.87. The standard InChI is InChI=1S/C19H24O4/c1-8(2)11-14-12-9-5-6-10(7-9)13(12)15(11)17(19(21)23-4)16(14)18(20)22-3/h9-10,14-17H,5-7H2,1-4H3/t9-,10+,14+,15-,16-,17+. The summed E-state index contributed by atoms with van der Waals surface area (Å²) in [7, 11) is 2.84. The summed E-state index contributed by atoms with van der Waals surface area (Å²) in [6.45, 7) is 4.21. The number of rotatable bonds is 2. The van der Waals surface area contributed by atoms with Crippen molar-refractivity contribution in [3.63, 3.8) is 0 Å². The number of ether oxygens (including phenoxy) is 2. The van der Waals surface area contributed by atoms with E-state index in [0.717, 1.165) is 0 Å². The molecule has 4 aliphatic rings. The first-order valence-electron chi connectivity index (χ1n) is 8.58. The van der Waals surface area contributed by atoms with Crippen molar-refractivity contribution in [2.24, 2.45) is 35.5 Å². The van der Waals surface area contributed by atoms with Gasteiger partial charge in [-0.05, 0) is 44.9 Å². The Hall–Kier alpha value is -1.58. The molecule has 23 heavy (non-hydrogen) atoms. The number of allylic oxidation sites excluding steroid dienone is 4. The molecule has 4 rings (SSSR count). The quantitative estimate of drug-likeness (QED) is 0.446. The number of methoxy groups -OCH3 is 2. The average molecular weight is 316 g/mol. The molecule has 0 aromatic heterocycles. The van der Waals surface area contributed by atoms with E-state index < -0.39 is 11.8 Å². The van der Waals surface area contributed by atoms with Crippen molar-refractivity contribution < 1.29 is 19.1 Å². The van der Waals surface area contributed by atoms with Crippen LogP contribution in [-0.2, 0) is 19.1 Å². The van der Waals surface area contributed by atoms with Gasteiger partial charge in [-0.25, -0.2) is 0 Å². The van der Waals surface area contributed by atoms with Crippen molar-refractivity contribution in [1.82, 2.24) is 0 Å². The maximum Gasteiger partial charge on any atom is 0.310 e. The van der Waals surface area contributed by atoms with E-state index in [2.05, 4.69) is 13.8 Å². The summed E-state index contributed by atoms with van der Waals surface area (Å²) in [5, 5.41) is 0. The van der Waals surface area contributed by atoms with Crippen molar-refractivity contribution in [2.45, 2.75) is 33.1 Å². The molecule has 0 heterocycles. The Morgan fingerprint density at radius 3 is 1.65 bits per heavy atom. The van der Waals surface area contributed by atoms with Gasteiger partial charge in [0.25, 0.3) is 0 Å². The average Bonchev–Trinajstić information content (AvgIpc) is 3.27. The maximum absolute atomic E-state index is 12.5. The largest absolute Gasteiger partial charge is 0.469 e. The van der Waals surface area contributed by atoms with E-state index in [1.807, 2.05) is 0 Å². The molecule has 0 aromatic rings.